The highest BCUT2D eigenvalue weighted by atomic mass is 79.9. The van der Waals surface area contributed by atoms with E-state index in [2.05, 4.69) is 21.2 Å². The van der Waals surface area contributed by atoms with Crippen molar-refractivity contribution in [3.05, 3.63) is 50.1 Å². The Labute approximate surface area is 139 Å². The molecular formula is C14H12BrClN2O2S. The lowest BCUT2D eigenvalue weighted by Gasteiger charge is -2.16. The largest absolute Gasteiger partial charge is 0.332 e. The van der Waals surface area contributed by atoms with Crippen LogP contribution in [-0.4, -0.2) is 30.3 Å². The summed E-state index contributed by atoms with van der Waals surface area (Å²) in [6.07, 6.45) is 0. The van der Waals surface area contributed by atoms with Gasteiger partial charge in [0.2, 0.25) is 5.91 Å². The van der Waals surface area contributed by atoms with E-state index in [0.29, 0.717) is 15.6 Å². The van der Waals surface area contributed by atoms with E-state index in [1.807, 2.05) is 5.38 Å². The standard InChI is InChI=1S/C14H12BrClN2O2S/c1-18(14(20)13-11(15)6-7-21-13)8-12(19)17-10-4-2-9(16)3-5-10/h2-7H,8H2,1H3,(H,17,19). The van der Waals surface area contributed by atoms with Crippen LogP contribution in [0.15, 0.2) is 40.2 Å². The van der Waals surface area contributed by atoms with Crippen molar-refractivity contribution in [1.29, 1.82) is 0 Å². The summed E-state index contributed by atoms with van der Waals surface area (Å²) in [7, 11) is 1.59. The van der Waals surface area contributed by atoms with Crippen molar-refractivity contribution in [3.8, 4) is 0 Å². The molecule has 1 N–H and O–H groups in total. The molecule has 0 saturated carbocycles. The Hall–Kier alpha value is -1.37. The summed E-state index contributed by atoms with van der Waals surface area (Å²) in [5, 5.41) is 5.13. The molecule has 0 aliphatic rings. The first kappa shape index (κ1) is 16.0. The monoisotopic (exact) mass is 386 g/mol. The first-order chi connectivity index (χ1) is 9.97. The molecule has 0 saturated heterocycles. The third-order valence-corrected chi connectivity index (χ3v) is 4.74. The van der Waals surface area contributed by atoms with Gasteiger partial charge in [-0.3, -0.25) is 9.59 Å². The lowest BCUT2D eigenvalue weighted by molar-refractivity contribution is -0.116. The van der Waals surface area contributed by atoms with Crippen molar-refractivity contribution in [2.24, 2.45) is 0 Å². The Morgan fingerprint density at radius 1 is 1.29 bits per heavy atom. The second kappa shape index (κ2) is 7.06. The lowest BCUT2D eigenvalue weighted by Crippen LogP contribution is -2.34. The SMILES string of the molecule is CN(CC(=O)Nc1ccc(Cl)cc1)C(=O)c1sccc1Br. The van der Waals surface area contributed by atoms with Crippen LogP contribution < -0.4 is 5.32 Å². The molecule has 7 heteroatoms. The number of hydrogen-bond acceptors (Lipinski definition) is 3. The van der Waals surface area contributed by atoms with E-state index in [-0.39, 0.29) is 18.4 Å². The molecule has 0 radical (unpaired) electrons. The van der Waals surface area contributed by atoms with Crippen LogP contribution in [0.3, 0.4) is 0 Å². The molecule has 110 valence electrons. The number of nitrogens with zero attached hydrogens (tertiary/aromatic N) is 1. The molecule has 0 unspecified atom stereocenters. The van der Waals surface area contributed by atoms with Crippen LogP contribution >= 0.6 is 38.9 Å². The Morgan fingerprint density at radius 3 is 2.52 bits per heavy atom. The predicted molar refractivity (Wildman–Crippen MR) is 89.1 cm³/mol. The summed E-state index contributed by atoms with van der Waals surface area (Å²) >= 11 is 10.4. The first-order valence-electron chi connectivity index (χ1n) is 6.01. The Kier molecular flexibility index (Phi) is 5.39. The molecule has 0 fully saturated rings. The van der Waals surface area contributed by atoms with E-state index in [1.165, 1.54) is 16.2 Å². The van der Waals surface area contributed by atoms with Gasteiger partial charge in [0.05, 0.1) is 6.54 Å². The fourth-order valence-corrected chi connectivity index (χ4v) is 3.30. The van der Waals surface area contributed by atoms with Gasteiger partial charge in [0, 0.05) is 22.2 Å². The Morgan fingerprint density at radius 2 is 1.95 bits per heavy atom. The van der Waals surface area contributed by atoms with E-state index in [4.69, 9.17) is 11.6 Å². The average Bonchev–Trinajstić information content (AvgIpc) is 2.86. The smallest absolute Gasteiger partial charge is 0.265 e. The molecule has 0 aliphatic carbocycles. The van der Waals surface area contributed by atoms with Crippen molar-refractivity contribution in [2.75, 3.05) is 18.9 Å². The van der Waals surface area contributed by atoms with Crippen LogP contribution in [0.1, 0.15) is 9.67 Å². The Bertz CT molecular complexity index is 657. The van der Waals surface area contributed by atoms with Crippen LogP contribution in [0.2, 0.25) is 5.02 Å². The van der Waals surface area contributed by atoms with Crippen LogP contribution in [0.25, 0.3) is 0 Å². The number of benzene rings is 1. The molecule has 0 spiro atoms. The van der Waals surface area contributed by atoms with Crippen molar-refractivity contribution in [1.82, 2.24) is 4.90 Å². The van der Waals surface area contributed by atoms with Gasteiger partial charge in [-0.1, -0.05) is 11.6 Å². The van der Waals surface area contributed by atoms with E-state index < -0.39 is 0 Å². The van der Waals surface area contributed by atoms with Crippen LogP contribution in [0.5, 0.6) is 0 Å². The number of carbonyl (C=O) groups excluding carboxylic acids is 2. The summed E-state index contributed by atoms with van der Waals surface area (Å²) in [6, 6.07) is 8.60. The highest BCUT2D eigenvalue weighted by Gasteiger charge is 2.18. The molecule has 21 heavy (non-hydrogen) atoms. The number of rotatable bonds is 4. The number of anilines is 1. The van der Waals surface area contributed by atoms with Gasteiger partial charge in [0.15, 0.2) is 0 Å². The lowest BCUT2D eigenvalue weighted by atomic mass is 10.3. The number of likely N-dealkylation sites (N-methyl/N-ethyl adjacent to an activating group) is 1. The molecule has 2 amide bonds. The maximum absolute atomic E-state index is 12.2. The Balaban J connectivity index is 1.94. The summed E-state index contributed by atoms with van der Waals surface area (Å²) < 4.78 is 0.738. The normalized spacial score (nSPS) is 10.2. The van der Waals surface area contributed by atoms with Crippen LogP contribution in [0, 0.1) is 0 Å². The van der Waals surface area contributed by atoms with Gasteiger partial charge in [-0.2, -0.15) is 0 Å². The zero-order valence-electron chi connectivity index (χ0n) is 11.1. The quantitative estimate of drug-likeness (QED) is 0.865. The second-order valence-electron chi connectivity index (χ2n) is 4.31. The molecule has 1 aromatic heterocycles. The first-order valence-corrected chi connectivity index (χ1v) is 8.06. The van der Waals surface area contributed by atoms with Crippen LogP contribution in [0.4, 0.5) is 5.69 Å². The van der Waals surface area contributed by atoms with Gasteiger partial charge in [0.25, 0.3) is 5.91 Å². The fourth-order valence-electron chi connectivity index (χ4n) is 1.64. The molecular weight excluding hydrogens is 376 g/mol. The van der Waals surface area contributed by atoms with Crippen molar-refractivity contribution >= 4 is 56.4 Å². The molecule has 4 nitrogen and oxygen atoms in total. The third-order valence-electron chi connectivity index (χ3n) is 2.67. The highest BCUT2D eigenvalue weighted by molar-refractivity contribution is 9.10. The number of amides is 2. The average molecular weight is 388 g/mol. The molecule has 2 rings (SSSR count). The van der Waals surface area contributed by atoms with Crippen molar-refractivity contribution in [3.63, 3.8) is 0 Å². The zero-order valence-corrected chi connectivity index (χ0v) is 14.3. The number of carbonyl (C=O) groups is 2. The van der Waals surface area contributed by atoms with Crippen LogP contribution in [-0.2, 0) is 4.79 Å². The third kappa shape index (κ3) is 4.30. The number of thiophene rings is 1. The van der Waals surface area contributed by atoms with Gasteiger partial charge in [-0.25, -0.2) is 0 Å². The van der Waals surface area contributed by atoms with E-state index in [0.717, 1.165) is 4.47 Å². The molecule has 0 aliphatic heterocycles. The van der Waals surface area contributed by atoms with Gasteiger partial charge in [0.1, 0.15) is 4.88 Å². The van der Waals surface area contributed by atoms with Crippen molar-refractivity contribution in [2.45, 2.75) is 0 Å². The van der Waals surface area contributed by atoms with Crippen molar-refractivity contribution < 1.29 is 9.59 Å². The minimum atomic E-state index is -0.263. The zero-order chi connectivity index (χ0) is 15.4. The molecule has 0 bridgehead atoms. The summed E-state index contributed by atoms with van der Waals surface area (Å²) in [5.41, 5.74) is 0.641. The summed E-state index contributed by atoms with van der Waals surface area (Å²) in [6.45, 7) is -0.0220. The predicted octanol–water partition coefficient (Wildman–Crippen LogP) is 3.87. The minimum absolute atomic E-state index is 0.0220. The van der Waals surface area contributed by atoms with Gasteiger partial charge >= 0.3 is 0 Å². The maximum atomic E-state index is 12.2. The van der Waals surface area contributed by atoms with Gasteiger partial charge < -0.3 is 10.2 Å². The van der Waals surface area contributed by atoms with Gasteiger partial charge in [-0.05, 0) is 51.6 Å². The number of hydrogen-bond donors (Lipinski definition) is 1. The molecule has 1 aromatic carbocycles. The minimum Gasteiger partial charge on any atom is -0.332 e. The maximum Gasteiger partial charge on any atom is 0.265 e. The second-order valence-corrected chi connectivity index (χ2v) is 6.52. The number of halogens is 2. The van der Waals surface area contributed by atoms with E-state index in [9.17, 15) is 9.59 Å². The van der Waals surface area contributed by atoms with E-state index >= 15 is 0 Å². The highest BCUT2D eigenvalue weighted by Crippen LogP contribution is 2.23. The molecule has 1 heterocycles. The fraction of sp³-hybridized carbons (Fsp3) is 0.143. The molecule has 0 atom stereocenters. The number of nitrogens with one attached hydrogen (secondary N) is 1. The topological polar surface area (TPSA) is 49.4 Å². The summed E-state index contributed by atoms with van der Waals surface area (Å²) in [4.78, 5) is 26.0. The van der Waals surface area contributed by atoms with Gasteiger partial charge in [-0.15, -0.1) is 11.3 Å². The summed E-state index contributed by atoms with van der Waals surface area (Å²) in [5.74, 6) is -0.455. The molecule has 2 aromatic rings. The van der Waals surface area contributed by atoms with E-state index in [1.54, 1.807) is 37.4 Å².